The third-order valence-electron chi connectivity index (χ3n) is 6.08. The predicted octanol–water partition coefficient (Wildman–Crippen LogP) is 3.77. The number of nitrogens with zero attached hydrogens (tertiary/aromatic N) is 6. The Morgan fingerprint density at radius 3 is 1.61 bits per heavy atom. The van der Waals surface area contributed by atoms with Gasteiger partial charge in [-0.1, -0.05) is 36.4 Å². The second-order valence-electron chi connectivity index (χ2n) is 8.27. The summed E-state index contributed by atoms with van der Waals surface area (Å²) in [7, 11) is 0. The highest BCUT2D eigenvalue weighted by Gasteiger charge is 2.19. The van der Waals surface area contributed by atoms with Gasteiger partial charge in [-0.25, -0.2) is 0 Å². The molecule has 33 heavy (non-hydrogen) atoms. The average molecular weight is 438 g/mol. The Balaban J connectivity index is 1.34. The first-order valence-corrected chi connectivity index (χ1v) is 11.1. The molecule has 0 atom stereocenters. The zero-order valence-electron chi connectivity index (χ0n) is 17.9. The van der Waals surface area contributed by atoms with Crippen LogP contribution in [0, 0.1) is 0 Å². The van der Waals surface area contributed by atoms with Gasteiger partial charge in [0.2, 0.25) is 0 Å². The van der Waals surface area contributed by atoms with E-state index in [1.165, 1.54) is 9.59 Å². The summed E-state index contributed by atoms with van der Waals surface area (Å²) in [6.45, 7) is 0. The molecular weight excluding hydrogens is 416 g/mol. The van der Waals surface area contributed by atoms with Crippen LogP contribution in [0.4, 0.5) is 0 Å². The van der Waals surface area contributed by atoms with Crippen molar-refractivity contribution in [3.05, 3.63) is 82.5 Å². The van der Waals surface area contributed by atoms with Gasteiger partial charge in [0.15, 0.2) is 0 Å². The van der Waals surface area contributed by atoms with Crippen molar-refractivity contribution >= 4 is 12.2 Å². The van der Waals surface area contributed by atoms with Crippen molar-refractivity contribution in [2.75, 3.05) is 0 Å². The third-order valence-corrected chi connectivity index (χ3v) is 6.08. The van der Waals surface area contributed by atoms with Crippen molar-refractivity contribution in [1.29, 1.82) is 0 Å². The number of hydrogen-bond donors (Lipinski definition) is 2. The first-order chi connectivity index (χ1) is 16.2. The maximum absolute atomic E-state index is 11.0. The highest BCUT2D eigenvalue weighted by Crippen LogP contribution is 2.33. The molecule has 2 aliphatic rings. The molecule has 2 aliphatic carbocycles. The first-order valence-electron chi connectivity index (χ1n) is 11.1. The Morgan fingerprint density at radius 2 is 1.15 bits per heavy atom. The Kier molecular flexibility index (Phi) is 4.57. The molecule has 8 nitrogen and oxygen atoms in total. The van der Waals surface area contributed by atoms with Crippen molar-refractivity contribution in [2.24, 2.45) is 0 Å². The molecule has 0 bridgehead atoms. The summed E-state index contributed by atoms with van der Waals surface area (Å²) >= 11 is 0. The van der Waals surface area contributed by atoms with E-state index in [-0.39, 0.29) is 11.5 Å². The maximum atomic E-state index is 11.0. The van der Waals surface area contributed by atoms with Crippen LogP contribution in [-0.2, 0) is 19.3 Å². The number of para-hydroxylation sites is 2. The molecule has 164 valence electrons. The lowest BCUT2D eigenvalue weighted by atomic mass is 10.0. The van der Waals surface area contributed by atoms with Gasteiger partial charge in [-0.3, -0.25) is 0 Å². The summed E-state index contributed by atoms with van der Waals surface area (Å²) in [4.78, 5) is 2.97. The van der Waals surface area contributed by atoms with Gasteiger partial charge < -0.3 is 10.2 Å². The molecule has 0 spiro atoms. The van der Waals surface area contributed by atoms with E-state index in [2.05, 4.69) is 32.5 Å². The van der Waals surface area contributed by atoms with Gasteiger partial charge in [-0.05, 0) is 50.0 Å². The van der Waals surface area contributed by atoms with E-state index < -0.39 is 0 Å². The number of fused-ring (bicyclic) bond motifs is 2. The molecule has 0 unspecified atom stereocenters. The van der Waals surface area contributed by atoms with E-state index in [4.69, 9.17) is 0 Å². The minimum atomic E-state index is 0.0939. The van der Waals surface area contributed by atoms with Crippen LogP contribution in [0.3, 0.4) is 0 Å². The summed E-state index contributed by atoms with van der Waals surface area (Å²) in [6, 6.07) is 11.0. The summed E-state index contributed by atoms with van der Waals surface area (Å²) < 4.78 is 0. The topological polar surface area (TPSA) is 102 Å². The Hall–Kier alpha value is -4.20. The van der Waals surface area contributed by atoms with Gasteiger partial charge in [0.1, 0.15) is 34.3 Å². The zero-order valence-corrected chi connectivity index (χ0v) is 17.9. The monoisotopic (exact) mass is 438 g/mol. The van der Waals surface area contributed by atoms with Crippen molar-refractivity contribution in [3.8, 4) is 22.9 Å². The molecule has 0 saturated carbocycles. The molecule has 0 saturated heterocycles. The predicted molar refractivity (Wildman–Crippen MR) is 124 cm³/mol. The van der Waals surface area contributed by atoms with E-state index in [1.807, 2.05) is 36.4 Å². The first kappa shape index (κ1) is 19.5. The fourth-order valence-corrected chi connectivity index (χ4v) is 4.32. The molecule has 0 amide bonds. The lowest BCUT2D eigenvalue weighted by Crippen LogP contribution is -2.03. The molecule has 0 fully saturated rings. The van der Waals surface area contributed by atoms with Gasteiger partial charge >= 0.3 is 0 Å². The van der Waals surface area contributed by atoms with Gasteiger partial charge in [-0.2, -0.15) is 10.2 Å². The minimum absolute atomic E-state index is 0.0939. The molecule has 2 aromatic carbocycles. The van der Waals surface area contributed by atoms with Crippen molar-refractivity contribution in [1.82, 2.24) is 30.0 Å². The second-order valence-corrected chi connectivity index (χ2v) is 8.27. The molecule has 4 aromatic rings. The summed E-state index contributed by atoms with van der Waals surface area (Å²) in [5.74, 6) is 0.188. The quantitative estimate of drug-likeness (QED) is 0.503. The molecule has 2 N–H and O–H groups in total. The smallest absolute Gasteiger partial charge is 0.146 e. The third kappa shape index (κ3) is 3.40. The van der Waals surface area contributed by atoms with Crippen LogP contribution in [0.5, 0.6) is 11.5 Å². The molecule has 8 heteroatoms. The number of benzene rings is 2. The molecule has 2 heterocycles. The van der Waals surface area contributed by atoms with Crippen LogP contribution in [0.2, 0.25) is 0 Å². The van der Waals surface area contributed by atoms with Crippen LogP contribution >= 0.6 is 0 Å². The van der Waals surface area contributed by atoms with Crippen LogP contribution in [0.25, 0.3) is 23.5 Å². The van der Waals surface area contributed by atoms with Crippen LogP contribution in [0.15, 0.2) is 48.6 Å². The van der Waals surface area contributed by atoms with E-state index in [9.17, 15) is 10.2 Å². The van der Waals surface area contributed by atoms with Crippen molar-refractivity contribution < 1.29 is 10.2 Å². The number of phenols is 2. The summed E-state index contributed by atoms with van der Waals surface area (Å²) in [6.07, 6.45) is 12.0. The fraction of sp³-hybridized carbons (Fsp3) is 0.200. The molecule has 0 aliphatic heterocycles. The highest BCUT2D eigenvalue weighted by atomic mass is 16.3. The SMILES string of the molecule is Oc1c(Cc2cccc(-n3nc4c(n3)CCC=C4)c2O)cccc1-n1nc2c(n1)CCC=C2. The second kappa shape index (κ2) is 7.74. The molecule has 0 radical (unpaired) electrons. The lowest BCUT2D eigenvalue weighted by Gasteiger charge is -2.12. The van der Waals surface area contributed by atoms with Crippen LogP contribution < -0.4 is 0 Å². The normalized spacial score (nSPS) is 14.3. The number of hydrogen-bond acceptors (Lipinski definition) is 6. The Bertz CT molecular complexity index is 1320. The molecule has 6 rings (SSSR count). The standard InChI is InChI=1S/C25H22N6O2/c32-24-16(7-5-13-22(24)30-26-18-9-1-2-10-19(18)27-30)15-17-8-6-14-23(25(17)33)31-28-20-11-3-4-12-21(20)29-31/h1,3,5-9,11,13-14,32-33H,2,4,10,12,15H2. The number of aromatic hydroxyl groups is 2. The number of allylic oxidation sites excluding steroid dienone is 2. The van der Waals surface area contributed by atoms with E-state index in [1.54, 1.807) is 12.1 Å². The number of aromatic nitrogens is 6. The zero-order chi connectivity index (χ0) is 22.4. The van der Waals surface area contributed by atoms with Crippen molar-refractivity contribution in [3.63, 3.8) is 0 Å². The van der Waals surface area contributed by atoms with Gasteiger partial charge in [-0.15, -0.1) is 19.8 Å². The number of aryl methyl sites for hydroxylation is 2. The lowest BCUT2D eigenvalue weighted by molar-refractivity contribution is 0.455. The van der Waals surface area contributed by atoms with Crippen LogP contribution in [0.1, 0.15) is 46.7 Å². The Labute approximate surface area is 190 Å². The average Bonchev–Trinajstić information content (AvgIpc) is 3.45. The Morgan fingerprint density at radius 1 is 0.667 bits per heavy atom. The summed E-state index contributed by atoms with van der Waals surface area (Å²) in [5, 5.41) is 40.2. The maximum Gasteiger partial charge on any atom is 0.146 e. The minimum Gasteiger partial charge on any atom is -0.505 e. The van der Waals surface area contributed by atoms with Crippen molar-refractivity contribution in [2.45, 2.75) is 32.1 Å². The van der Waals surface area contributed by atoms with E-state index in [0.717, 1.165) is 48.5 Å². The number of phenolic OH excluding ortho intramolecular Hbond substituents is 2. The van der Waals surface area contributed by atoms with E-state index in [0.29, 0.717) is 28.9 Å². The summed E-state index contributed by atoms with van der Waals surface area (Å²) in [5.41, 5.74) is 5.89. The number of rotatable bonds is 4. The molecule has 2 aromatic heterocycles. The van der Waals surface area contributed by atoms with Gasteiger partial charge in [0.05, 0.1) is 11.4 Å². The van der Waals surface area contributed by atoms with Gasteiger partial charge in [0, 0.05) is 17.5 Å². The highest BCUT2D eigenvalue weighted by molar-refractivity contribution is 5.57. The van der Waals surface area contributed by atoms with Crippen LogP contribution in [-0.4, -0.2) is 40.2 Å². The molecular formula is C25H22N6O2. The fourth-order valence-electron chi connectivity index (χ4n) is 4.32. The van der Waals surface area contributed by atoms with Gasteiger partial charge in [0.25, 0.3) is 0 Å². The van der Waals surface area contributed by atoms with E-state index >= 15 is 0 Å². The largest absolute Gasteiger partial charge is 0.505 e.